The average molecular weight is 706 g/mol. The van der Waals surface area contributed by atoms with Crippen molar-refractivity contribution in [1.29, 1.82) is 0 Å². The third-order valence-electron chi connectivity index (χ3n) is 12.4. The number of aliphatic hydroxyl groups excluding tert-OH is 2. The molecule has 8 atom stereocenters. The van der Waals surface area contributed by atoms with Crippen LogP contribution in [0.25, 0.3) is 11.3 Å². The number of benzene rings is 1. The van der Waals surface area contributed by atoms with Crippen LogP contribution in [0.2, 0.25) is 0 Å². The minimum atomic E-state index is -0.686. The summed E-state index contributed by atoms with van der Waals surface area (Å²) in [5.41, 5.74) is 2.15. The topological polar surface area (TPSA) is 110 Å². The van der Waals surface area contributed by atoms with Gasteiger partial charge in [-0.3, -0.25) is 9.59 Å². The number of hydrogen-bond donors (Lipinski definition) is 2. The van der Waals surface area contributed by atoms with E-state index in [9.17, 15) is 19.8 Å². The van der Waals surface area contributed by atoms with Gasteiger partial charge in [0.1, 0.15) is 17.6 Å². The van der Waals surface area contributed by atoms with Crippen LogP contribution in [0.15, 0.2) is 65.1 Å². The van der Waals surface area contributed by atoms with Gasteiger partial charge in [0.05, 0.1) is 31.3 Å². The summed E-state index contributed by atoms with van der Waals surface area (Å²) in [5, 5.41) is 23.3. The number of thiazole rings is 1. The molecule has 2 bridgehead atoms. The van der Waals surface area contributed by atoms with Crippen molar-refractivity contribution in [3.8, 4) is 17.0 Å². The zero-order valence-corrected chi connectivity index (χ0v) is 30.8. The first-order valence-electron chi connectivity index (χ1n) is 17.3. The Balaban J connectivity index is 1.14. The van der Waals surface area contributed by atoms with Gasteiger partial charge in [-0.15, -0.1) is 17.9 Å². The molecule has 10 heteroatoms. The number of Topliss-reactive ketones (excluding diaryl/α,β-unsaturated/α-hetero) is 1. The number of esters is 1. The van der Waals surface area contributed by atoms with Gasteiger partial charge in [-0.05, 0) is 66.7 Å². The smallest absolute Gasteiger partial charge is 0.316 e. The second kappa shape index (κ2) is 13.9. The molecular formula is C39H49N2O6S2+. The minimum Gasteiger partial charge on any atom is -0.497 e. The molecule has 3 fully saturated rings. The second-order valence-corrected chi connectivity index (χ2v) is 17.0. The highest BCUT2D eigenvalue weighted by Crippen LogP contribution is 2.68. The first-order chi connectivity index (χ1) is 23.4. The third-order valence-corrected chi connectivity index (χ3v) is 14.4. The van der Waals surface area contributed by atoms with E-state index < -0.39 is 23.0 Å². The Labute approximate surface area is 298 Å². The molecule has 3 aromatic rings. The molecule has 2 aromatic heterocycles. The molecule has 2 heterocycles. The van der Waals surface area contributed by atoms with E-state index in [4.69, 9.17) is 14.5 Å². The van der Waals surface area contributed by atoms with Crippen molar-refractivity contribution < 1.29 is 33.8 Å². The van der Waals surface area contributed by atoms with Gasteiger partial charge in [-0.25, -0.2) is 9.55 Å². The third kappa shape index (κ3) is 6.50. The molecule has 1 aromatic carbocycles. The highest BCUT2D eigenvalue weighted by atomic mass is 32.2. The fourth-order valence-electron chi connectivity index (χ4n) is 9.24. The summed E-state index contributed by atoms with van der Waals surface area (Å²) in [6.07, 6.45) is 8.19. The summed E-state index contributed by atoms with van der Waals surface area (Å²) >= 11 is 2.85. The van der Waals surface area contributed by atoms with Crippen molar-refractivity contribution in [3.63, 3.8) is 0 Å². The number of aliphatic hydroxyl groups is 2. The number of hydrogen-bond acceptors (Lipinski definition) is 9. The number of nitrogens with zero attached hydrogens (tertiary/aromatic N) is 2. The summed E-state index contributed by atoms with van der Waals surface area (Å²) in [6, 6.07) is 9.79. The van der Waals surface area contributed by atoms with E-state index in [-0.39, 0.29) is 47.3 Å². The number of thioether (sulfide) groups is 1. The molecule has 0 unspecified atom stereocenters. The molecule has 262 valence electrons. The van der Waals surface area contributed by atoms with Crippen molar-refractivity contribution in [2.75, 3.05) is 12.9 Å². The van der Waals surface area contributed by atoms with E-state index in [0.717, 1.165) is 46.0 Å². The van der Waals surface area contributed by atoms with Gasteiger partial charge in [0.2, 0.25) is 0 Å². The maximum atomic E-state index is 13.7. The van der Waals surface area contributed by atoms with Crippen LogP contribution in [0, 0.1) is 34.0 Å². The molecular weight excluding hydrogens is 657 g/mol. The first-order valence-corrected chi connectivity index (χ1v) is 19.1. The van der Waals surface area contributed by atoms with Crippen LogP contribution in [0.5, 0.6) is 5.75 Å². The molecule has 2 N–H and O–H groups in total. The molecule has 3 saturated carbocycles. The largest absolute Gasteiger partial charge is 0.497 e. The maximum absolute atomic E-state index is 13.7. The Morgan fingerprint density at radius 2 is 1.92 bits per heavy atom. The number of carbonyl (C=O) groups is 2. The van der Waals surface area contributed by atoms with E-state index in [2.05, 4.69) is 31.9 Å². The Morgan fingerprint density at radius 1 is 1.18 bits per heavy atom. The van der Waals surface area contributed by atoms with Crippen molar-refractivity contribution in [3.05, 3.63) is 71.9 Å². The van der Waals surface area contributed by atoms with Crippen molar-refractivity contribution in [2.45, 2.75) is 89.5 Å². The molecule has 0 radical (unpaired) electrons. The Bertz CT molecular complexity index is 1690. The van der Waals surface area contributed by atoms with E-state index in [1.807, 2.05) is 61.1 Å². The summed E-state index contributed by atoms with van der Waals surface area (Å²) in [5.74, 6) is 0.622. The van der Waals surface area contributed by atoms with Crippen molar-refractivity contribution >= 4 is 34.9 Å². The quantitative estimate of drug-likeness (QED) is 0.105. The zero-order chi connectivity index (χ0) is 35.1. The normalized spacial score (nSPS) is 32.6. The fraction of sp³-hybridized carbons (Fsp3) is 0.538. The fourth-order valence-corrected chi connectivity index (χ4v) is 10.9. The minimum absolute atomic E-state index is 0.0464. The number of ether oxygens (including phenoxy) is 2. The van der Waals surface area contributed by atoms with Crippen LogP contribution in [0.4, 0.5) is 0 Å². The highest BCUT2D eigenvalue weighted by molar-refractivity contribution is 8.01. The number of pyridine rings is 1. The van der Waals surface area contributed by atoms with E-state index >= 15 is 0 Å². The van der Waals surface area contributed by atoms with Crippen LogP contribution >= 0.6 is 23.1 Å². The van der Waals surface area contributed by atoms with Gasteiger partial charge in [0, 0.05) is 51.8 Å². The number of ketones is 1. The van der Waals surface area contributed by atoms with Gasteiger partial charge >= 0.3 is 5.97 Å². The average Bonchev–Trinajstić information content (AvgIpc) is 3.73. The Kier molecular flexibility index (Phi) is 10.2. The van der Waals surface area contributed by atoms with Crippen LogP contribution in [0.3, 0.4) is 0 Å². The molecule has 0 saturated heterocycles. The van der Waals surface area contributed by atoms with E-state index in [1.54, 1.807) is 7.11 Å². The number of methoxy groups -OCH3 is 1. The van der Waals surface area contributed by atoms with Gasteiger partial charge in [-0.1, -0.05) is 45.5 Å². The SMILES string of the molecule is C=C[C@]1(C)C[C@@H](OC(=O)CSc2nc(-c3cc[n+](Cc4cc(CO)cc(OC)c4)cc3)cs2)[C@]2(C)[C@H](C)CC[C@]3(CCC(=O)[C@H]32)[C@@H](C)[C@@H]1O. The van der Waals surface area contributed by atoms with Crippen molar-refractivity contribution in [1.82, 2.24) is 4.98 Å². The summed E-state index contributed by atoms with van der Waals surface area (Å²) in [4.78, 5) is 32.0. The van der Waals surface area contributed by atoms with Crippen LogP contribution in [-0.4, -0.2) is 52.0 Å². The number of carbonyl (C=O) groups excluding carboxylic acids is 2. The van der Waals surface area contributed by atoms with Crippen LogP contribution in [0.1, 0.15) is 70.9 Å². The van der Waals surface area contributed by atoms with Gasteiger partial charge in [0.25, 0.3) is 0 Å². The predicted molar refractivity (Wildman–Crippen MR) is 191 cm³/mol. The Hall–Kier alpha value is -3.05. The zero-order valence-electron chi connectivity index (χ0n) is 29.2. The molecule has 0 amide bonds. The van der Waals surface area contributed by atoms with Gasteiger partial charge in [-0.2, -0.15) is 0 Å². The summed E-state index contributed by atoms with van der Waals surface area (Å²) in [6.45, 7) is 13.2. The monoisotopic (exact) mass is 705 g/mol. The lowest BCUT2D eigenvalue weighted by molar-refractivity contribution is -0.688. The van der Waals surface area contributed by atoms with Crippen LogP contribution < -0.4 is 9.30 Å². The number of rotatable bonds is 10. The first kappa shape index (κ1) is 35.8. The molecule has 0 spiro atoms. The van der Waals surface area contributed by atoms with E-state index in [1.165, 1.54) is 23.1 Å². The molecule has 3 aliphatic rings. The second-order valence-electron chi connectivity index (χ2n) is 15.0. The van der Waals surface area contributed by atoms with Crippen molar-refractivity contribution in [2.24, 2.45) is 34.0 Å². The number of aromatic nitrogens is 2. The highest BCUT2D eigenvalue weighted by Gasteiger charge is 2.68. The van der Waals surface area contributed by atoms with Gasteiger partial charge < -0.3 is 19.7 Å². The predicted octanol–water partition coefficient (Wildman–Crippen LogP) is 6.65. The van der Waals surface area contributed by atoms with Gasteiger partial charge in [0.15, 0.2) is 23.3 Å². The molecule has 0 aliphatic heterocycles. The molecule has 6 rings (SSSR count). The lowest BCUT2D eigenvalue weighted by atomic mass is 9.44. The molecule has 3 aliphatic carbocycles. The van der Waals surface area contributed by atoms with Crippen LogP contribution in [-0.2, 0) is 27.5 Å². The summed E-state index contributed by atoms with van der Waals surface area (Å²) < 4.78 is 14.6. The lowest BCUT2D eigenvalue weighted by Gasteiger charge is -2.61. The van der Waals surface area contributed by atoms with E-state index in [0.29, 0.717) is 25.1 Å². The Morgan fingerprint density at radius 3 is 2.61 bits per heavy atom. The standard InChI is InChI=1S/C39H49N2O6S2/c1-7-37(4)19-32(38(5)24(2)8-12-39(25(3)35(37)45)13-9-31(43)34(38)39)47-33(44)23-49-36-40-30(22-48-36)28-10-14-41(15-11-28)20-26-16-27(21-42)18-29(17-26)46-6/h7,10-11,14-18,22,24-25,32,34-35,42,45H,1,8-9,12-13,19-21,23H2,2-6H3/q+1/t24-,25+,32-,34+,35+,37-,38+,39+/m1/s1. The molecule has 8 nitrogen and oxygen atoms in total. The summed E-state index contributed by atoms with van der Waals surface area (Å²) in [7, 11) is 1.62. The molecule has 49 heavy (non-hydrogen) atoms. The lowest BCUT2D eigenvalue weighted by Crippen LogP contribution is -2.63. The maximum Gasteiger partial charge on any atom is 0.316 e.